The van der Waals surface area contributed by atoms with E-state index >= 15 is 0 Å². The molecule has 1 unspecified atom stereocenters. The molecule has 0 aliphatic rings. The van der Waals surface area contributed by atoms with Crippen LogP contribution >= 0.6 is 0 Å². The SMILES string of the molecule is CC(O)CCCNC(=O)[C@@H](NC(=O)c1ccc2nc(NC(=O)c3cccnc3-c3ccc(C(F)(F)F)cc3)ccc2c1)c1ccccc1. The molecule has 246 valence electrons. The number of carbonyl (C=O) groups is 3. The standard InChI is InChI=1S/C36H32F3N5O4/c1-22(45)7-5-20-41-35(48)32(23-8-3-2-4-9-23)44-33(46)26-13-17-29-25(21-26)14-18-30(42-29)43-34(47)28-10-6-19-40-31(28)24-11-15-27(16-12-24)36(37,38)39/h2-4,6,8-19,21-22,32,45H,5,7,20H2,1H3,(H,41,48)(H,44,46)(H,42,43,47)/t22?,32-/m0/s1. The summed E-state index contributed by atoms with van der Waals surface area (Å²) in [6.07, 6.45) is -2.40. The average molecular weight is 656 g/mol. The summed E-state index contributed by atoms with van der Waals surface area (Å²) in [6.45, 7) is 2.03. The molecule has 48 heavy (non-hydrogen) atoms. The van der Waals surface area contributed by atoms with E-state index in [2.05, 4.69) is 25.9 Å². The zero-order valence-electron chi connectivity index (χ0n) is 25.8. The van der Waals surface area contributed by atoms with E-state index in [9.17, 15) is 32.7 Å². The smallest absolute Gasteiger partial charge is 0.393 e. The molecule has 5 rings (SSSR count). The summed E-state index contributed by atoms with van der Waals surface area (Å²) in [4.78, 5) is 48.3. The van der Waals surface area contributed by atoms with Crippen molar-refractivity contribution >= 4 is 34.4 Å². The molecule has 2 heterocycles. The maximum absolute atomic E-state index is 13.3. The number of aliphatic hydroxyl groups excluding tert-OH is 1. The Kier molecular flexibility index (Phi) is 10.4. The van der Waals surface area contributed by atoms with Crippen LogP contribution in [0.25, 0.3) is 22.2 Å². The Morgan fingerprint density at radius 1 is 0.875 bits per heavy atom. The second-order valence-corrected chi connectivity index (χ2v) is 11.1. The van der Waals surface area contributed by atoms with Gasteiger partial charge in [0.2, 0.25) is 5.91 Å². The van der Waals surface area contributed by atoms with Crippen LogP contribution in [0.4, 0.5) is 19.0 Å². The number of halogens is 3. The summed E-state index contributed by atoms with van der Waals surface area (Å²) in [5.74, 6) is -1.20. The molecule has 3 amide bonds. The molecule has 9 nitrogen and oxygen atoms in total. The average Bonchev–Trinajstić information content (AvgIpc) is 3.08. The van der Waals surface area contributed by atoms with Gasteiger partial charge in [-0.25, -0.2) is 4.98 Å². The number of carbonyl (C=O) groups excluding carboxylic acids is 3. The number of aliphatic hydroxyl groups is 1. The first-order chi connectivity index (χ1) is 23.0. The molecule has 0 saturated heterocycles. The summed E-state index contributed by atoms with van der Waals surface area (Å²) in [5, 5.41) is 18.4. The fourth-order valence-corrected chi connectivity index (χ4v) is 5.03. The Hall–Kier alpha value is -5.62. The topological polar surface area (TPSA) is 133 Å². The third-order valence-electron chi connectivity index (χ3n) is 7.50. The number of nitrogens with one attached hydrogen (secondary N) is 3. The highest BCUT2D eigenvalue weighted by molar-refractivity contribution is 6.08. The number of aromatic nitrogens is 2. The lowest BCUT2D eigenvalue weighted by Gasteiger charge is -2.19. The Bertz CT molecular complexity index is 1920. The van der Waals surface area contributed by atoms with Gasteiger partial charge in [0.1, 0.15) is 11.9 Å². The van der Waals surface area contributed by atoms with Gasteiger partial charge < -0.3 is 21.1 Å². The molecular weight excluding hydrogens is 623 g/mol. The molecule has 4 N–H and O–H groups in total. The van der Waals surface area contributed by atoms with Crippen LogP contribution in [0, 0.1) is 0 Å². The second-order valence-electron chi connectivity index (χ2n) is 11.1. The van der Waals surface area contributed by atoms with E-state index in [4.69, 9.17) is 0 Å². The van der Waals surface area contributed by atoms with Crippen LogP contribution in [0.3, 0.4) is 0 Å². The van der Waals surface area contributed by atoms with Crippen molar-refractivity contribution in [1.29, 1.82) is 0 Å². The Morgan fingerprint density at radius 2 is 1.62 bits per heavy atom. The first-order valence-corrected chi connectivity index (χ1v) is 15.2. The number of nitrogens with zero attached hydrogens (tertiary/aromatic N) is 2. The number of anilines is 1. The number of alkyl halides is 3. The lowest BCUT2D eigenvalue weighted by atomic mass is 10.0. The van der Waals surface area contributed by atoms with Crippen LogP contribution in [0.1, 0.15) is 57.7 Å². The van der Waals surface area contributed by atoms with Crippen LogP contribution in [0.15, 0.2) is 103 Å². The van der Waals surface area contributed by atoms with Gasteiger partial charge in [0.25, 0.3) is 11.8 Å². The number of hydrogen-bond donors (Lipinski definition) is 4. The largest absolute Gasteiger partial charge is 0.416 e. The quantitative estimate of drug-likeness (QED) is 0.123. The molecule has 0 aliphatic heterocycles. The lowest BCUT2D eigenvalue weighted by Crippen LogP contribution is -2.40. The van der Waals surface area contributed by atoms with Gasteiger partial charge in [0, 0.05) is 29.3 Å². The van der Waals surface area contributed by atoms with E-state index in [0.717, 1.165) is 12.1 Å². The molecule has 2 atom stereocenters. The lowest BCUT2D eigenvalue weighted by molar-refractivity contribution is -0.137. The van der Waals surface area contributed by atoms with E-state index < -0.39 is 35.7 Å². The summed E-state index contributed by atoms with van der Waals surface area (Å²) in [5.41, 5.74) is 1.27. The number of amides is 3. The van der Waals surface area contributed by atoms with Crippen LogP contribution < -0.4 is 16.0 Å². The molecule has 12 heteroatoms. The molecule has 0 aliphatic carbocycles. The van der Waals surface area contributed by atoms with Gasteiger partial charge in [0.15, 0.2) is 0 Å². The van der Waals surface area contributed by atoms with Crippen molar-refractivity contribution in [1.82, 2.24) is 20.6 Å². The minimum absolute atomic E-state index is 0.145. The highest BCUT2D eigenvalue weighted by Gasteiger charge is 2.30. The Labute approximate surface area is 274 Å². The molecule has 0 saturated carbocycles. The van der Waals surface area contributed by atoms with Gasteiger partial charge in [0.05, 0.1) is 28.4 Å². The third kappa shape index (κ3) is 8.39. The molecule has 2 aromatic heterocycles. The summed E-state index contributed by atoms with van der Waals surface area (Å²) in [7, 11) is 0. The Balaban J connectivity index is 1.30. The molecule has 0 fully saturated rings. The highest BCUT2D eigenvalue weighted by atomic mass is 19.4. The molecule has 3 aromatic carbocycles. The number of pyridine rings is 2. The zero-order chi connectivity index (χ0) is 34.3. The predicted molar refractivity (Wildman–Crippen MR) is 175 cm³/mol. The fourth-order valence-electron chi connectivity index (χ4n) is 5.03. The number of fused-ring (bicyclic) bond motifs is 1. The van der Waals surface area contributed by atoms with E-state index in [1.807, 2.05) is 6.07 Å². The van der Waals surface area contributed by atoms with Crippen LogP contribution in [0.2, 0.25) is 0 Å². The van der Waals surface area contributed by atoms with E-state index in [1.165, 1.54) is 24.4 Å². The molecular formula is C36H32F3N5O4. The molecule has 0 bridgehead atoms. The number of hydrogen-bond acceptors (Lipinski definition) is 6. The summed E-state index contributed by atoms with van der Waals surface area (Å²) >= 11 is 0. The minimum atomic E-state index is -4.49. The highest BCUT2D eigenvalue weighted by Crippen LogP contribution is 2.31. The summed E-state index contributed by atoms with van der Waals surface area (Å²) in [6, 6.07) is 23.4. The Morgan fingerprint density at radius 3 is 2.33 bits per heavy atom. The van der Waals surface area contributed by atoms with Gasteiger partial charge in [-0.15, -0.1) is 0 Å². The number of rotatable bonds is 11. The van der Waals surface area contributed by atoms with Crippen molar-refractivity contribution in [3.63, 3.8) is 0 Å². The fraction of sp³-hybridized carbons (Fsp3) is 0.194. The monoisotopic (exact) mass is 655 g/mol. The molecule has 0 spiro atoms. The second kappa shape index (κ2) is 14.9. The van der Waals surface area contributed by atoms with Crippen molar-refractivity contribution in [3.05, 3.63) is 126 Å². The van der Waals surface area contributed by atoms with E-state index in [0.29, 0.717) is 47.0 Å². The van der Waals surface area contributed by atoms with Crippen LogP contribution in [-0.4, -0.2) is 45.4 Å². The maximum atomic E-state index is 13.3. The van der Waals surface area contributed by atoms with Crippen LogP contribution in [-0.2, 0) is 11.0 Å². The van der Waals surface area contributed by atoms with E-state index in [-0.39, 0.29) is 23.0 Å². The van der Waals surface area contributed by atoms with Gasteiger partial charge >= 0.3 is 6.18 Å². The van der Waals surface area contributed by atoms with Crippen LogP contribution in [0.5, 0.6) is 0 Å². The first-order valence-electron chi connectivity index (χ1n) is 15.2. The van der Waals surface area contributed by atoms with Gasteiger partial charge in [-0.05, 0) is 79.9 Å². The molecule has 5 aromatic rings. The van der Waals surface area contributed by atoms with Crippen molar-refractivity contribution < 1.29 is 32.7 Å². The number of benzene rings is 3. The minimum Gasteiger partial charge on any atom is -0.393 e. The van der Waals surface area contributed by atoms with E-state index in [1.54, 1.807) is 67.6 Å². The normalized spacial score (nSPS) is 12.6. The van der Waals surface area contributed by atoms with Gasteiger partial charge in [-0.2, -0.15) is 13.2 Å². The van der Waals surface area contributed by atoms with Crippen molar-refractivity contribution in [2.24, 2.45) is 0 Å². The third-order valence-corrected chi connectivity index (χ3v) is 7.50. The van der Waals surface area contributed by atoms with Crippen molar-refractivity contribution in [2.45, 2.75) is 38.1 Å². The zero-order valence-corrected chi connectivity index (χ0v) is 25.8. The van der Waals surface area contributed by atoms with Gasteiger partial charge in [-0.3, -0.25) is 19.4 Å². The van der Waals surface area contributed by atoms with Crippen molar-refractivity contribution in [2.75, 3.05) is 11.9 Å². The van der Waals surface area contributed by atoms with Crippen molar-refractivity contribution in [3.8, 4) is 11.3 Å². The summed E-state index contributed by atoms with van der Waals surface area (Å²) < 4.78 is 39.1. The maximum Gasteiger partial charge on any atom is 0.416 e. The molecule has 0 radical (unpaired) electrons. The predicted octanol–water partition coefficient (Wildman–Crippen LogP) is 6.32. The van der Waals surface area contributed by atoms with Gasteiger partial charge in [-0.1, -0.05) is 42.5 Å². The first kappa shape index (κ1) is 33.7.